The quantitative estimate of drug-likeness (QED) is 0.900. The second-order valence-electron chi connectivity index (χ2n) is 4.62. The summed E-state index contributed by atoms with van der Waals surface area (Å²) in [5.74, 6) is -1.16. The molecule has 1 heterocycles. The third-order valence-electron chi connectivity index (χ3n) is 3.31. The third kappa shape index (κ3) is 1.82. The molecule has 0 saturated carbocycles. The molecule has 1 aromatic heterocycles. The van der Waals surface area contributed by atoms with Crippen LogP contribution in [0, 0.1) is 6.92 Å². The Hall–Kier alpha value is -1.68. The summed E-state index contributed by atoms with van der Waals surface area (Å²) < 4.78 is 0. The van der Waals surface area contributed by atoms with Gasteiger partial charge in [-0.25, -0.2) is 4.98 Å². The fourth-order valence-corrected chi connectivity index (χ4v) is 3.43. The van der Waals surface area contributed by atoms with Gasteiger partial charge >= 0.3 is 5.97 Å². The Bertz CT molecular complexity index is 601. The summed E-state index contributed by atoms with van der Waals surface area (Å²) in [5.41, 5.74) is 3.07. The van der Waals surface area contributed by atoms with E-state index in [4.69, 9.17) is 5.11 Å². The Kier molecular flexibility index (Phi) is 2.67. The van der Waals surface area contributed by atoms with Crippen molar-refractivity contribution in [2.24, 2.45) is 0 Å². The van der Waals surface area contributed by atoms with Crippen molar-refractivity contribution in [3.05, 3.63) is 40.4 Å². The maximum Gasteiger partial charge on any atom is 0.312 e. The highest BCUT2D eigenvalue weighted by molar-refractivity contribution is 7.15. The van der Waals surface area contributed by atoms with Gasteiger partial charge in [0.1, 0.15) is 10.9 Å². The van der Waals surface area contributed by atoms with Gasteiger partial charge in [0.05, 0.1) is 5.69 Å². The first-order valence-corrected chi connectivity index (χ1v) is 6.76. The fraction of sp³-hybridized carbons (Fsp3) is 0.286. The summed E-state index contributed by atoms with van der Waals surface area (Å²) in [6, 6.07) is 8.19. The number of carboxylic acids is 1. The molecule has 0 aliphatic heterocycles. The molecular weight excluding hydrogens is 246 g/mol. The molecule has 1 aliphatic rings. The highest BCUT2D eigenvalue weighted by Gasteiger charge is 2.32. The number of fused-ring (bicyclic) bond motifs is 1. The molecule has 1 aromatic carbocycles. The number of carboxylic acid groups (broad SMARTS) is 1. The molecule has 3 nitrogen and oxygen atoms in total. The van der Waals surface area contributed by atoms with Gasteiger partial charge in [-0.1, -0.05) is 29.8 Å². The first-order chi connectivity index (χ1) is 8.65. The summed E-state index contributed by atoms with van der Waals surface area (Å²) in [6.45, 7) is 2.05. The Morgan fingerprint density at radius 3 is 2.78 bits per heavy atom. The Morgan fingerprint density at radius 2 is 2.11 bits per heavy atom. The number of aliphatic carboxylic acids is 1. The lowest BCUT2D eigenvalue weighted by Gasteiger charge is -2.01. The minimum absolute atomic E-state index is 0.407. The molecule has 92 valence electrons. The average molecular weight is 259 g/mol. The number of rotatable bonds is 2. The van der Waals surface area contributed by atoms with Gasteiger partial charge in [0.25, 0.3) is 0 Å². The SMILES string of the molecule is Cc1ccc(-c2nc3c(s2)CCC3C(=O)O)cc1. The van der Waals surface area contributed by atoms with E-state index in [9.17, 15) is 4.79 Å². The van der Waals surface area contributed by atoms with Crippen LogP contribution in [0.2, 0.25) is 0 Å². The molecule has 2 aromatic rings. The first-order valence-electron chi connectivity index (χ1n) is 5.94. The van der Waals surface area contributed by atoms with Crippen LogP contribution >= 0.6 is 11.3 Å². The van der Waals surface area contributed by atoms with Crippen LogP contribution in [0.3, 0.4) is 0 Å². The number of hydrogen-bond donors (Lipinski definition) is 1. The number of carbonyl (C=O) groups is 1. The molecule has 3 rings (SSSR count). The van der Waals surface area contributed by atoms with Gasteiger partial charge in [0.15, 0.2) is 0 Å². The maximum atomic E-state index is 11.1. The topological polar surface area (TPSA) is 50.2 Å². The molecule has 0 saturated heterocycles. The van der Waals surface area contributed by atoms with Gasteiger partial charge in [0.2, 0.25) is 0 Å². The zero-order valence-electron chi connectivity index (χ0n) is 10.0. The second-order valence-corrected chi connectivity index (χ2v) is 5.71. The van der Waals surface area contributed by atoms with Crippen LogP contribution in [-0.4, -0.2) is 16.1 Å². The van der Waals surface area contributed by atoms with E-state index in [0.29, 0.717) is 6.42 Å². The molecule has 1 unspecified atom stereocenters. The van der Waals surface area contributed by atoms with Crippen molar-refractivity contribution >= 4 is 17.3 Å². The van der Waals surface area contributed by atoms with E-state index in [-0.39, 0.29) is 0 Å². The number of benzene rings is 1. The number of thiazole rings is 1. The number of aryl methyl sites for hydroxylation is 2. The zero-order valence-corrected chi connectivity index (χ0v) is 10.8. The lowest BCUT2D eigenvalue weighted by atomic mass is 10.1. The van der Waals surface area contributed by atoms with Crippen molar-refractivity contribution < 1.29 is 9.90 Å². The second kappa shape index (κ2) is 4.21. The van der Waals surface area contributed by atoms with E-state index in [0.717, 1.165) is 27.6 Å². The minimum atomic E-state index is -0.755. The smallest absolute Gasteiger partial charge is 0.312 e. The lowest BCUT2D eigenvalue weighted by molar-refractivity contribution is -0.138. The standard InChI is InChI=1S/C14H13NO2S/c1-8-2-4-9(5-3-8)13-15-12-10(14(16)17)6-7-11(12)18-13/h2-5,10H,6-7H2,1H3,(H,16,17). The zero-order chi connectivity index (χ0) is 12.7. The van der Waals surface area contributed by atoms with Crippen molar-refractivity contribution in [3.63, 3.8) is 0 Å². The molecule has 1 atom stereocenters. The Balaban J connectivity index is 1.99. The summed E-state index contributed by atoms with van der Waals surface area (Å²) >= 11 is 1.63. The highest BCUT2D eigenvalue weighted by Crippen LogP contribution is 2.39. The molecule has 1 N–H and O–H groups in total. The van der Waals surface area contributed by atoms with Crippen molar-refractivity contribution in [1.82, 2.24) is 4.98 Å². The molecule has 0 fully saturated rings. The van der Waals surface area contributed by atoms with E-state index in [1.165, 1.54) is 5.56 Å². The predicted octanol–water partition coefficient (Wildman–Crippen LogP) is 3.23. The number of nitrogens with zero attached hydrogens (tertiary/aromatic N) is 1. The highest BCUT2D eigenvalue weighted by atomic mass is 32.1. The van der Waals surface area contributed by atoms with Gasteiger partial charge < -0.3 is 5.11 Å². The summed E-state index contributed by atoms with van der Waals surface area (Å²) in [7, 11) is 0. The van der Waals surface area contributed by atoms with Crippen LogP contribution in [0.1, 0.15) is 28.5 Å². The van der Waals surface area contributed by atoms with E-state index in [2.05, 4.69) is 17.1 Å². The maximum absolute atomic E-state index is 11.1. The van der Waals surface area contributed by atoms with E-state index in [1.54, 1.807) is 11.3 Å². The number of aromatic nitrogens is 1. The predicted molar refractivity (Wildman–Crippen MR) is 71.0 cm³/mol. The third-order valence-corrected chi connectivity index (χ3v) is 4.49. The van der Waals surface area contributed by atoms with Crippen LogP contribution < -0.4 is 0 Å². The Labute approximate surface area is 109 Å². The van der Waals surface area contributed by atoms with Crippen molar-refractivity contribution in [1.29, 1.82) is 0 Å². The first kappa shape index (κ1) is 11.4. The average Bonchev–Trinajstić information content (AvgIpc) is 2.88. The van der Waals surface area contributed by atoms with Crippen LogP contribution in [0.4, 0.5) is 0 Å². The van der Waals surface area contributed by atoms with E-state index < -0.39 is 11.9 Å². The summed E-state index contributed by atoms with van der Waals surface area (Å²) in [5, 5.41) is 10.1. The molecule has 4 heteroatoms. The fourth-order valence-electron chi connectivity index (χ4n) is 2.29. The summed E-state index contributed by atoms with van der Waals surface area (Å²) in [6.07, 6.45) is 1.54. The van der Waals surface area contributed by atoms with E-state index in [1.807, 2.05) is 19.1 Å². The number of hydrogen-bond acceptors (Lipinski definition) is 3. The molecule has 1 aliphatic carbocycles. The van der Waals surface area contributed by atoms with Gasteiger partial charge in [0, 0.05) is 10.4 Å². The summed E-state index contributed by atoms with van der Waals surface area (Å²) in [4.78, 5) is 16.8. The van der Waals surface area contributed by atoms with Crippen molar-refractivity contribution in [2.45, 2.75) is 25.7 Å². The van der Waals surface area contributed by atoms with Gasteiger partial charge in [-0.15, -0.1) is 11.3 Å². The van der Waals surface area contributed by atoms with Gasteiger partial charge in [-0.05, 0) is 19.8 Å². The van der Waals surface area contributed by atoms with Crippen LogP contribution in [0.15, 0.2) is 24.3 Å². The normalized spacial score (nSPS) is 17.7. The van der Waals surface area contributed by atoms with Crippen molar-refractivity contribution in [3.8, 4) is 10.6 Å². The van der Waals surface area contributed by atoms with E-state index >= 15 is 0 Å². The molecular formula is C14H13NO2S. The molecule has 0 amide bonds. The van der Waals surface area contributed by atoms with Crippen LogP contribution in [-0.2, 0) is 11.2 Å². The van der Waals surface area contributed by atoms with Crippen LogP contribution in [0.25, 0.3) is 10.6 Å². The Morgan fingerprint density at radius 1 is 1.39 bits per heavy atom. The lowest BCUT2D eigenvalue weighted by Crippen LogP contribution is -2.08. The largest absolute Gasteiger partial charge is 0.481 e. The molecule has 0 radical (unpaired) electrons. The molecule has 0 spiro atoms. The molecule has 18 heavy (non-hydrogen) atoms. The van der Waals surface area contributed by atoms with Gasteiger partial charge in [-0.2, -0.15) is 0 Å². The van der Waals surface area contributed by atoms with Crippen molar-refractivity contribution in [2.75, 3.05) is 0 Å². The van der Waals surface area contributed by atoms with Crippen LogP contribution in [0.5, 0.6) is 0 Å². The minimum Gasteiger partial charge on any atom is -0.481 e. The monoisotopic (exact) mass is 259 g/mol. The van der Waals surface area contributed by atoms with Gasteiger partial charge in [-0.3, -0.25) is 4.79 Å². The molecule has 0 bridgehead atoms.